The van der Waals surface area contributed by atoms with E-state index in [1.165, 1.54) is 49.2 Å². The molecular formula is C19H18N2O6S. The number of nitrogens with zero attached hydrogens (tertiary/aromatic N) is 2. The number of benzene rings is 1. The average Bonchev–Trinajstić information content (AvgIpc) is 3.19. The number of aromatic nitrogens is 2. The molecule has 2 heterocycles. The maximum Gasteiger partial charge on any atom is 0.331 e. The Hall–Kier alpha value is -3.33. The van der Waals surface area contributed by atoms with Gasteiger partial charge in [0.15, 0.2) is 16.5 Å². The second kappa shape index (κ2) is 8.57. The predicted molar refractivity (Wildman–Crippen MR) is 104 cm³/mol. The predicted octanol–water partition coefficient (Wildman–Crippen LogP) is 2.54. The zero-order valence-electron chi connectivity index (χ0n) is 15.5. The molecule has 146 valence electrons. The quantitative estimate of drug-likeness (QED) is 0.443. The zero-order chi connectivity index (χ0) is 20.1. The lowest BCUT2D eigenvalue weighted by Gasteiger charge is -2.12. The van der Waals surface area contributed by atoms with Gasteiger partial charge in [-0.15, -0.1) is 11.3 Å². The van der Waals surface area contributed by atoms with Crippen molar-refractivity contribution in [2.75, 3.05) is 21.3 Å². The minimum atomic E-state index is -0.579. The van der Waals surface area contributed by atoms with Crippen LogP contribution >= 0.6 is 11.3 Å². The highest BCUT2D eigenvalue weighted by atomic mass is 32.1. The summed E-state index contributed by atoms with van der Waals surface area (Å²) in [7, 11) is 4.56. The van der Waals surface area contributed by atoms with E-state index in [1.54, 1.807) is 29.8 Å². The van der Waals surface area contributed by atoms with Gasteiger partial charge in [0, 0.05) is 35.3 Å². The lowest BCUT2D eigenvalue weighted by atomic mass is 10.1. The summed E-state index contributed by atoms with van der Waals surface area (Å²) in [5, 5.41) is 1.76. The van der Waals surface area contributed by atoms with Gasteiger partial charge in [-0.05, 0) is 12.1 Å². The molecule has 2 aromatic heterocycles. The van der Waals surface area contributed by atoms with Gasteiger partial charge >= 0.3 is 5.97 Å². The van der Waals surface area contributed by atoms with Crippen molar-refractivity contribution in [1.82, 2.24) is 9.38 Å². The first kappa shape index (κ1) is 19.4. The van der Waals surface area contributed by atoms with Crippen LogP contribution in [0.5, 0.6) is 17.2 Å². The molecule has 0 aliphatic carbocycles. The van der Waals surface area contributed by atoms with Crippen molar-refractivity contribution >= 4 is 28.3 Å². The highest BCUT2D eigenvalue weighted by molar-refractivity contribution is 7.15. The van der Waals surface area contributed by atoms with Crippen LogP contribution in [0.4, 0.5) is 0 Å². The molecule has 0 N–H and O–H groups in total. The molecule has 28 heavy (non-hydrogen) atoms. The Morgan fingerprint density at radius 1 is 1.11 bits per heavy atom. The van der Waals surface area contributed by atoms with Crippen LogP contribution in [0.15, 0.2) is 40.6 Å². The van der Waals surface area contributed by atoms with E-state index in [2.05, 4.69) is 4.98 Å². The lowest BCUT2D eigenvalue weighted by molar-refractivity contribution is -0.139. The van der Waals surface area contributed by atoms with Gasteiger partial charge in [-0.25, -0.2) is 9.78 Å². The third-order valence-electron chi connectivity index (χ3n) is 3.85. The number of carbonyl (C=O) groups excluding carboxylic acids is 1. The molecule has 0 aliphatic heterocycles. The van der Waals surface area contributed by atoms with E-state index in [0.717, 1.165) is 0 Å². The summed E-state index contributed by atoms with van der Waals surface area (Å²) in [5.74, 6) is 0.954. The SMILES string of the molecule is COc1cc(OC)c(OC)cc1/C=C/C(=O)OCc1cc(=O)n2ccsc2n1. The van der Waals surface area contributed by atoms with Crippen LogP contribution < -0.4 is 19.8 Å². The van der Waals surface area contributed by atoms with Gasteiger partial charge in [-0.3, -0.25) is 9.20 Å². The first-order valence-electron chi connectivity index (χ1n) is 8.16. The van der Waals surface area contributed by atoms with Crippen molar-refractivity contribution in [3.8, 4) is 17.2 Å². The second-order valence-electron chi connectivity index (χ2n) is 5.53. The number of ether oxygens (including phenoxy) is 4. The molecule has 9 heteroatoms. The first-order valence-corrected chi connectivity index (χ1v) is 9.04. The third kappa shape index (κ3) is 4.15. The van der Waals surface area contributed by atoms with Gasteiger partial charge in [-0.2, -0.15) is 0 Å². The topological polar surface area (TPSA) is 88.4 Å². The molecular weight excluding hydrogens is 384 g/mol. The Balaban J connectivity index is 1.71. The summed E-state index contributed by atoms with van der Waals surface area (Å²) < 4.78 is 22.4. The van der Waals surface area contributed by atoms with Gasteiger partial charge in [0.1, 0.15) is 12.4 Å². The van der Waals surface area contributed by atoms with E-state index < -0.39 is 5.97 Å². The maximum absolute atomic E-state index is 12.1. The smallest absolute Gasteiger partial charge is 0.331 e. The standard InChI is InChI=1S/C19H18N2O6S/c1-24-14-10-16(26-3)15(25-2)8-12(14)4-5-18(23)27-11-13-9-17(22)21-6-7-28-19(21)20-13/h4-10H,11H2,1-3H3/b5-4+. The number of fused-ring (bicyclic) bond motifs is 1. The number of carbonyl (C=O) groups is 1. The van der Waals surface area contributed by atoms with Gasteiger partial charge in [0.05, 0.1) is 27.0 Å². The van der Waals surface area contributed by atoms with E-state index in [1.807, 2.05) is 0 Å². The summed E-state index contributed by atoms with van der Waals surface area (Å²) in [6.45, 7) is -0.101. The monoisotopic (exact) mass is 402 g/mol. The molecule has 0 unspecified atom stereocenters. The Morgan fingerprint density at radius 2 is 1.82 bits per heavy atom. The minimum absolute atomic E-state index is 0.101. The Labute approximate surface area is 164 Å². The summed E-state index contributed by atoms with van der Waals surface area (Å²) in [6, 6.07) is 4.69. The van der Waals surface area contributed by atoms with Crippen LogP contribution in [0, 0.1) is 0 Å². The van der Waals surface area contributed by atoms with Crippen molar-refractivity contribution < 1.29 is 23.7 Å². The Morgan fingerprint density at radius 3 is 2.54 bits per heavy atom. The fourth-order valence-corrected chi connectivity index (χ4v) is 3.23. The number of hydrogen-bond donors (Lipinski definition) is 0. The largest absolute Gasteiger partial charge is 0.496 e. The molecule has 0 bridgehead atoms. The molecule has 3 rings (SSSR count). The molecule has 0 saturated carbocycles. The summed E-state index contributed by atoms with van der Waals surface area (Å²) in [4.78, 5) is 28.8. The number of rotatable bonds is 7. The second-order valence-corrected chi connectivity index (χ2v) is 6.40. The number of esters is 1. The molecule has 0 atom stereocenters. The first-order chi connectivity index (χ1) is 13.5. The molecule has 0 saturated heterocycles. The van der Waals surface area contributed by atoms with Crippen molar-refractivity contribution in [3.05, 3.63) is 57.5 Å². The van der Waals surface area contributed by atoms with Gasteiger partial charge in [-0.1, -0.05) is 0 Å². The van der Waals surface area contributed by atoms with Crippen LogP contribution in [0.2, 0.25) is 0 Å². The van der Waals surface area contributed by atoms with Gasteiger partial charge in [0.2, 0.25) is 0 Å². The molecule has 0 amide bonds. The van der Waals surface area contributed by atoms with Crippen LogP contribution in [0.25, 0.3) is 11.0 Å². The number of methoxy groups -OCH3 is 3. The zero-order valence-corrected chi connectivity index (χ0v) is 16.3. The Kier molecular flexibility index (Phi) is 5.95. The van der Waals surface area contributed by atoms with Crippen LogP contribution in [-0.2, 0) is 16.1 Å². The highest BCUT2D eigenvalue weighted by Crippen LogP contribution is 2.35. The van der Waals surface area contributed by atoms with Gasteiger partial charge < -0.3 is 18.9 Å². The van der Waals surface area contributed by atoms with Crippen molar-refractivity contribution in [3.63, 3.8) is 0 Å². The van der Waals surface area contributed by atoms with Crippen molar-refractivity contribution in [1.29, 1.82) is 0 Å². The average molecular weight is 402 g/mol. The minimum Gasteiger partial charge on any atom is -0.496 e. The maximum atomic E-state index is 12.1. The molecule has 0 radical (unpaired) electrons. The fraction of sp³-hybridized carbons (Fsp3) is 0.211. The normalized spacial score (nSPS) is 11.0. The van der Waals surface area contributed by atoms with E-state index >= 15 is 0 Å². The van der Waals surface area contributed by atoms with E-state index in [9.17, 15) is 9.59 Å². The molecule has 1 aromatic carbocycles. The fourth-order valence-electron chi connectivity index (χ4n) is 2.50. The van der Waals surface area contributed by atoms with Crippen LogP contribution in [0.1, 0.15) is 11.3 Å². The number of thiazole rings is 1. The van der Waals surface area contributed by atoms with Crippen molar-refractivity contribution in [2.24, 2.45) is 0 Å². The Bertz CT molecular complexity index is 1090. The summed E-state index contributed by atoms with van der Waals surface area (Å²) in [5.41, 5.74) is 0.786. The molecule has 0 fully saturated rings. The summed E-state index contributed by atoms with van der Waals surface area (Å²) in [6.07, 6.45) is 4.46. The number of hydrogen-bond acceptors (Lipinski definition) is 8. The lowest BCUT2D eigenvalue weighted by Crippen LogP contribution is -2.14. The third-order valence-corrected chi connectivity index (χ3v) is 4.61. The molecule has 3 aromatic rings. The molecule has 0 spiro atoms. The van der Waals surface area contributed by atoms with Crippen LogP contribution in [-0.4, -0.2) is 36.7 Å². The summed E-state index contributed by atoms with van der Waals surface area (Å²) >= 11 is 1.33. The highest BCUT2D eigenvalue weighted by Gasteiger charge is 2.11. The van der Waals surface area contributed by atoms with E-state index in [-0.39, 0.29) is 12.2 Å². The van der Waals surface area contributed by atoms with E-state index in [0.29, 0.717) is 33.5 Å². The van der Waals surface area contributed by atoms with Crippen molar-refractivity contribution in [2.45, 2.75) is 6.61 Å². The van der Waals surface area contributed by atoms with E-state index in [4.69, 9.17) is 18.9 Å². The molecule has 0 aliphatic rings. The molecule has 8 nitrogen and oxygen atoms in total. The van der Waals surface area contributed by atoms with Crippen LogP contribution in [0.3, 0.4) is 0 Å². The van der Waals surface area contributed by atoms with Gasteiger partial charge in [0.25, 0.3) is 5.56 Å².